The van der Waals surface area contributed by atoms with Gasteiger partial charge >= 0.3 is 0 Å². The van der Waals surface area contributed by atoms with E-state index in [9.17, 15) is 8.42 Å². The summed E-state index contributed by atoms with van der Waals surface area (Å²) < 4.78 is 29.7. The standard InChI is InChI=1S/C8H16ClNO3S/c1-13-7-4-8-14(11,12)10-6-3-2-5-9/h2-3,10H,4-8H2,1H3/b3-2+. The Kier molecular flexibility index (Phi) is 8.17. The maximum atomic E-state index is 11.2. The van der Waals surface area contributed by atoms with Gasteiger partial charge in [-0.3, -0.25) is 0 Å². The summed E-state index contributed by atoms with van der Waals surface area (Å²) in [6.07, 6.45) is 3.88. The molecule has 0 amide bonds. The Morgan fingerprint density at radius 3 is 2.71 bits per heavy atom. The predicted octanol–water partition coefficient (Wildman–Crippen LogP) is 0.737. The lowest BCUT2D eigenvalue weighted by atomic mass is 10.5. The van der Waals surface area contributed by atoms with E-state index in [-0.39, 0.29) is 5.75 Å². The minimum atomic E-state index is -3.16. The van der Waals surface area contributed by atoms with Gasteiger partial charge in [0.15, 0.2) is 0 Å². The van der Waals surface area contributed by atoms with Gasteiger partial charge in [0.1, 0.15) is 0 Å². The molecule has 84 valence electrons. The molecule has 0 saturated carbocycles. The molecule has 0 atom stereocenters. The number of allylic oxidation sites excluding steroid dienone is 1. The van der Waals surface area contributed by atoms with Crippen LogP contribution in [0.5, 0.6) is 0 Å². The van der Waals surface area contributed by atoms with E-state index in [0.717, 1.165) is 0 Å². The summed E-state index contributed by atoms with van der Waals surface area (Å²) in [6, 6.07) is 0. The van der Waals surface area contributed by atoms with Crippen LogP contribution in [0.4, 0.5) is 0 Å². The Hall–Kier alpha value is -0.100. The molecule has 6 heteroatoms. The molecule has 0 radical (unpaired) electrons. The molecule has 1 N–H and O–H groups in total. The summed E-state index contributed by atoms with van der Waals surface area (Å²) in [4.78, 5) is 0. The maximum absolute atomic E-state index is 11.2. The third-order valence-corrected chi connectivity index (χ3v) is 3.05. The van der Waals surface area contributed by atoms with Crippen LogP contribution in [0, 0.1) is 0 Å². The fourth-order valence-electron chi connectivity index (χ4n) is 0.787. The molecule has 0 aliphatic heterocycles. The summed E-state index contributed by atoms with van der Waals surface area (Å²) in [7, 11) is -1.61. The third kappa shape index (κ3) is 8.50. The quantitative estimate of drug-likeness (QED) is 0.387. The van der Waals surface area contributed by atoms with Gasteiger partial charge in [-0.25, -0.2) is 13.1 Å². The van der Waals surface area contributed by atoms with Gasteiger partial charge in [0.05, 0.1) is 5.75 Å². The van der Waals surface area contributed by atoms with Crippen LogP contribution < -0.4 is 4.72 Å². The molecule has 0 spiro atoms. The Morgan fingerprint density at radius 2 is 2.14 bits per heavy atom. The number of nitrogens with one attached hydrogen (secondary N) is 1. The number of methoxy groups -OCH3 is 1. The zero-order chi connectivity index (χ0) is 10.9. The third-order valence-electron chi connectivity index (χ3n) is 1.44. The molecule has 0 fully saturated rings. The van der Waals surface area contributed by atoms with Crippen LogP contribution in [-0.2, 0) is 14.8 Å². The fraction of sp³-hybridized carbons (Fsp3) is 0.750. The van der Waals surface area contributed by atoms with Crippen molar-refractivity contribution in [2.75, 3.05) is 31.9 Å². The molecule has 0 aliphatic carbocycles. The van der Waals surface area contributed by atoms with Gasteiger partial charge in [-0.2, -0.15) is 0 Å². The molecular weight excluding hydrogens is 226 g/mol. The number of halogens is 1. The van der Waals surface area contributed by atoms with Crippen LogP contribution >= 0.6 is 11.6 Å². The second-order valence-corrected chi connectivity index (χ2v) is 4.87. The zero-order valence-electron chi connectivity index (χ0n) is 8.20. The number of alkyl halides is 1. The van der Waals surface area contributed by atoms with Crippen molar-refractivity contribution in [2.45, 2.75) is 6.42 Å². The number of sulfonamides is 1. The highest BCUT2D eigenvalue weighted by atomic mass is 35.5. The van der Waals surface area contributed by atoms with Gasteiger partial charge in [-0.1, -0.05) is 12.2 Å². The first kappa shape index (κ1) is 13.9. The van der Waals surface area contributed by atoms with Crippen molar-refractivity contribution >= 4 is 21.6 Å². The molecule has 0 unspecified atom stereocenters. The maximum Gasteiger partial charge on any atom is 0.211 e. The molecule has 0 bridgehead atoms. The fourth-order valence-corrected chi connectivity index (χ4v) is 1.91. The Morgan fingerprint density at radius 1 is 1.43 bits per heavy atom. The van der Waals surface area contributed by atoms with E-state index in [1.807, 2.05) is 0 Å². The van der Waals surface area contributed by atoms with Gasteiger partial charge in [-0.05, 0) is 6.42 Å². The topological polar surface area (TPSA) is 55.4 Å². The van der Waals surface area contributed by atoms with Crippen molar-refractivity contribution in [3.63, 3.8) is 0 Å². The van der Waals surface area contributed by atoms with E-state index in [2.05, 4.69) is 4.72 Å². The van der Waals surface area contributed by atoms with Gasteiger partial charge in [-0.15, -0.1) is 11.6 Å². The summed E-state index contributed by atoms with van der Waals surface area (Å²) in [5.74, 6) is 0.487. The van der Waals surface area contributed by atoms with Crippen LogP contribution in [0.15, 0.2) is 12.2 Å². The largest absolute Gasteiger partial charge is 0.385 e. The van der Waals surface area contributed by atoms with E-state index < -0.39 is 10.0 Å². The lowest BCUT2D eigenvalue weighted by Gasteiger charge is -2.03. The second kappa shape index (κ2) is 8.23. The van der Waals surface area contributed by atoms with Crippen LogP contribution in [0.25, 0.3) is 0 Å². The van der Waals surface area contributed by atoms with E-state index in [0.29, 0.717) is 25.5 Å². The average Bonchev–Trinajstić information content (AvgIpc) is 2.13. The van der Waals surface area contributed by atoms with Crippen molar-refractivity contribution in [1.82, 2.24) is 4.72 Å². The van der Waals surface area contributed by atoms with Crippen molar-refractivity contribution in [1.29, 1.82) is 0 Å². The van der Waals surface area contributed by atoms with Gasteiger partial charge in [0.2, 0.25) is 10.0 Å². The minimum Gasteiger partial charge on any atom is -0.385 e. The zero-order valence-corrected chi connectivity index (χ0v) is 9.77. The van der Waals surface area contributed by atoms with Crippen LogP contribution in [0.2, 0.25) is 0 Å². The highest BCUT2D eigenvalue weighted by molar-refractivity contribution is 7.89. The summed E-state index contributed by atoms with van der Waals surface area (Å²) >= 11 is 5.37. The Labute approximate surface area is 90.3 Å². The second-order valence-electron chi connectivity index (χ2n) is 2.64. The molecule has 0 saturated heterocycles. The average molecular weight is 242 g/mol. The first-order chi connectivity index (χ1) is 6.62. The highest BCUT2D eigenvalue weighted by Gasteiger charge is 2.07. The molecule has 0 heterocycles. The summed E-state index contributed by atoms with van der Waals surface area (Å²) in [5.41, 5.74) is 0. The van der Waals surface area contributed by atoms with E-state index in [1.54, 1.807) is 19.3 Å². The number of hydrogen-bond acceptors (Lipinski definition) is 3. The molecule has 0 aliphatic rings. The molecular formula is C8H16ClNO3S. The first-order valence-corrected chi connectivity index (χ1v) is 6.48. The number of rotatable bonds is 8. The molecule has 0 aromatic rings. The summed E-state index contributed by atoms with van der Waals surface area (Å²) in [5, 5.41) is 0. The smallest absolute Gasteiger partial charge is 0.211 e. The highest BCUT2D eigenvalue weighted by Crippen LogP contribution is 1.90. The summed E-state index contributed by atoms with van der Waals surface area (Å²) in [6.45, 7) is 0.750. The normalized spacial score (nSPS) is 12.4. The lowest BCUT2D eigenvalue weighted by molar-refractivity contribution is 0.199. The van der Waals surface area contributed by atoms with E-state index in [4.69, 9.17) is 16.3 Å². The SMILES string of the molecule is COCCCS(=O)(=O)NC/C=C/CCl. The Balaban J connectivity index is 3.67. The molecule has 0 aromatic carbocycles. The van der Waals surface area contributed by atoms with E-state index >= 15 is 0 Å². The number of ether oxygens (including phenoxy) is 1. The minimum absolute atomic E-state index is 0.0928. The van der Waals surface area contributed by atoms with Crippen LogP contribution in [0.1, 0.15) is 6.42 Å². The van der Waals surface area contributed by atoms with Crippen molar-refractivity contribution in [3.05, 3.63) is 12.2 Å². The molecule has 0 aromatic heterocycles. The monoisotopic (exact) mass is 241 g/mol. The van der Waals surface area contributed by atoms with Crippen molar-refractivity contribution in [2.24, 2.45) is 0 Å². The predicted molar refractivity (Wildman–Crippen MR) is 58.1 cm³/mol. The molecule has 0 rings (SSSR count). The molecule has 14 heavy (non-hydrogen) atoms. The molecule has 4 nitrogen and oxygen atoms in total. The lowest BCUT2D eigenvalue weighted by Crippen LogP contribution is -2.27. The van der Waals surface area contributed by atoms with Gasteiger partial charge < -0.3 is 4.74 Å². The van der Waals surface area contributed by atoms with Crippen molar-refractivity contribution in [3.8, 4) is 0 Å². The van der Waals surface area contributed by atoms with Crippen LogP contribution in [-0.4, -0.2) is 40.3 Å². The van der Waals surface area contributed by atoms with Crippen LogP contribution in [0.3, 0.4) is 0 Å². The van der Waals surface area contributed by atoms with E-state index in [1.165, 1.54) is 0 Å². The van der Waals surface area contributed by atoms with Gasteiger partial charge in [0, 0.05) is 26.1 Å². The first-order valence-electron chi connectivity index (χ1n) is 4.29. The Bertz CT molecular complexity index is 251. The van der Waals surface area contributed by atoms with Gasteiger partial charge in [0.25, 0.3) is 0 Å². The van der Waals surface area contributed by atoms with Crippen molar-refractivity contribution < 1.29 is 13.2 Å². The number of hydrogen-bond donors (Lipinski definition) is 1.